The minimum atomic E-state index is -1.32. The number of halogens is 3. The van der Waals surface area contributed by atoms with Crippen molar-refractivity contribution in [3.8, 4) is 5.75 Å². The van der Waals surface area contributed by atoms with Crippen LogP contribution in [0.2, 0.25) is 5.02 Å². The highest BCUT2D eigenvalue weighted by Crippen LogP contribution is 2.51. The lowest BCUT2D eigenvalue weighted by Crippen LogP contribution is -2.11. The first-order valence-electron chi connectivity index (χ1n) is 4.44. The summed E-state index contributed by atoms with van der Waals surface area (Å²) < 4.78 is 31.5. The number of methoxy groups -OCH3 is 1. The van der Waals surface area contributed by atoms with Gasteiger partial charge in [-0.2, -0.15) is 0 Å². The summed E-state index contributed by atoms with van der Waals surface area (Å²) >= 11 is 5.70. The molecule has 2 nitrogen and oxygen atoms in total. The van der Waals surface area contributed by atoms with Crippen molar-refractivity contribution in [1.29, 1.82) is 0 Å². The van der Waals surface area contributed by atoms with Crippen LogP contribution < -0.4 is 4.74 Å². The predicted octanol–water partition coefficient (Wildman–Crippen LogP) is 2.61. The third-order valence-electron chi connectivity index (χ3n) is 2.52. The normalized spacial score (nSPS) is 17.7. The second kappa shape index (κ2) is 3.32. The van der Waals surface area contributed by atoms with E-state index < -0.39 is 17.2 Å². The highest BCUT2D eigenvalue weighted by molar-refractivity contribution is 6.32. The minimum absolute atomic E-state index is 0.00978. The quantitative estimate of drug-likeness (QED) is 0.797. The molecule has 2 rings (SSSR count). The molecule has 1 saturated carbocycles. The Balaban J connectivity index is 2.68. The van der Waals surface area contributed by atoms with E-state index in [0.29, 0.717) is 12.8 Å². The van der Waals surface area contributed by atoms with Crippen LogP contribution in [0.1, 0.15) is 18.4 Å². The van der Waals surface area contributed by atoms with Crippen LogP contribution in [0.5, 0.6) is 5.75 Å². The third kappa shape index (κ3) is 1.58. The van der Waals surface area contributed by atoms with Crippen LogP contribution >= 0.6 is 11.6 Å². The first-order chi connectivity index (χ1) is 6.99. The number of aliphatic hydroxyl groups is 1. The Morgan fingerprint density at radius 1 is 1.47 bits per heavy atom. The van der Waals surface area contributed by atoms with Gasteiger partial charge < -0.3 is 9.84 Å². The summed E-state index contributed by atoms with van der Waals surface area (Å²) in [5, 5.41) is 9.76. The molecule has 1 aliphatic rings. The molecule has 1 N–H and O–H groups in total. The number of hydrogen-bond donors (Lipinski definition) is 1. The van der Waals surface area contributed by atoms with Crippen molar-refractivity contribution < 1.29 is 18.6 Å². The molecule has 1 fully saturated rings. The first-order valence-corrected chi connectivity index (χ1v) is 4.82. The van der Waals surface area contributed by atoms with Crippen molar-refractivity contribution >= 4 is 11.6 Å². The summed E-state index contributed by atoms with van der Waals surface area (Å²) in [6, 6.07) is 0.838. The van der Waals surface area contributed by atoms with Gasteiger partial charge >= 0.3 is 0 Å². The molecule has 82 valence electrons. The lowest BCUT2D eigenvalue weighted by atomic mass is 10.1. The van der Waals surface area contributed by atoms with Crippen molar-refractivity contribution in [2.45, 2.75) is 18.4 Å². The van der Waals surface area contributed by atoms with Crippen LogP contribution in [0.4, 0.5) is 8.78 Å². The minimum Gasteiger partial charge on any atom is -0.495 e. The van der Waals surface area contributed by atoms with Gasteiger partial charge in [-0.15, -0.1) is 0 Å². The Morgan fingerprint density at radius 3 is 2.53 bits per heavy atom. The fourth-order valence-electron chi connectivity index (χ4n) is 1.56. The lowest BCUT2D eigenvalue weighted by molar-refractivity contribution is 0.141. The maximum absolute atomic E-state index is 13.5. The average molecular weight is 235 g/mol. The van der Waals surface area contributed by atoms with Crippen molar-refractivity contribution in [2.24, 2.45) is 0 Å². The molecule has 0 bridgehead atoms. The summed E-state index contributed by atoms with van der Waals surface area (Å²) in [4.78, 5) is 0. The SMILES string of the molecule is COc1c(Cl)cc(F)c(F)c1C1(O)CC1. The maximum atomic E-state index is 13.5. The first kappa shape index (κ1) is 10.6. The third-order valence-corrected chi connectivity index (χ3v) is 2.80. The van der Waals surface area contributed by atoms with Gasteiger partial charge in [0.1, 0.15) is 5.75 Å². The Kier molecular flexibility index (Phi) is 2.35. The van der Waals surface area contributed by atoms with Gasteiger partial charge in [-0.25, -0.2) is 8.78 Å². The fraction of sp³-hybridized carbons (Fsp3) is 0.400. The van der Waals surface area contributed by atoms with E-state index in [0.717, 1.165) is 6.07 Å². The summed E-state index contributed by atoms with van der Waals surface area (Å²) in [5.41, 5.74) is -1.49. The molecule has 5 heteroatoms. The van der Waals surface area contributed by atoms with E-state index in [-0.39, 0.29) is 16.3 Å². The highest BCUT2D eigenvalue weighted by Gasteiger charge is 2.47. The summed E-state index contributed by atoms with van der Waals surface area (Å²) in [6.45, 7) is 0. The number of ether oxygens (including phenoxy) is 1. The summed E-state index contributed by atoms with van der Waals surface area (Å²) in [7, 11) is 1.30. The molecule has 0 saturated heterocycles. The number of benzene rings is 1. The second-order valence-corrected chi connectivity index (χ2v) is 4.00. The van der Waals surface area contributed by atoms with Crippen molar-refractivity contribution in [3.05, 3.63) is 28.3 Å². The Morgan fingerprint density at radius 2 is 2.07 bits per heavy atom. The van der Waals surface area contributed by atoms with Gasteiger partial charge in [-0.1, -0.05) is 11.6 Å². The molecule has 0 heterocycles. The zero-order valence-electron chi connectivity index (χ0n) is 7.98. The van der Waals surface area contributed by atoms with Crippen LogP contribution in [0.15, 0.2) is 6.07 Å². The van der Waals surface area contributed by atoms with Gasteiger partial charge in [0, 0.05) is 0 Å². The lowest BCUT2D eigenvalue weighted by Gasteiger charge is -2.15. The molecule has 0 atom stereocenters. The second-order valence-electron chi connectivity index (χ2n) is 3.59. The van der Waals surface area contributed by atoms with E-state index in [9.17, 15) is 13.9 Å². The molecule has 1 aromatic rings. The van der Waals surface area contributed by atoms with E-state index in [4.69, 9.17) is 16.3 Å². The van der Waals surface area contributed by atoms with Crippen molar-refractivity contribution in [2.75, 3.05) is 7.11 Å². The molecular formula is C10H9ClF2O2. The van der Waals surface area contributed by atoms with Crippen molar-refractivity contribution in [1.82, 2.24) is 0 Å². The number of hydrogen-bond acceptors (Lipinski definition) is 2. The zero-order valence-corrected chi connectivity index (χ0v) is 8.74. The van der Waals surface area contributed by atoms with E-state index in [1.165, 1.54) is 7.11 Å². The molecule has 1 aromatic carbocycles. The zero-order chi connectivity index (χ0) is 11.2. The molecule has 0 aliphatic heterocycles. The van der Waals surface area contributed by atoms with Crippen LogP contribution in [-0.4, -0.2) is 12.2 Å². The fourth-order valence-corrected chi connectivity index (χ4v) is 1.83. The maximum Gasteiger partial charge on any atom is 0.168 e. The standard InChI is InChI=1S/C10H9ClF2O2/c1-15-9-5(11)4-6(12)8(13)7(9)10(14)2-3-10/h4,14H,2-3H2,1H3. The Hall–Kier alpha value is -0.870. The number of rotatable bonds is 2. The predicted molar refractivity (Wildman–Crippen MR) is 51.1 cm³/mol. The van der Waals surface area contributed by atoms with Gasteiger partial charge in [0.05, 0.1) is 23.3 Å². The molecular weight excluding hydrogens is 226 g/mol. The Bertz CT molecular complexity index is 416. The molecule has 0 unspecified atom stereocenters. The highest BCUT2D eigenvalue weighted by atomic mass is 35.5. The van der Waals surface area contributed by atoms with E-state index in [2.05, 4.69) is 0 Å². The topological polar surface area (TPSA) is 29.5 Å². The largest absolute Gasteiger partial charge is 0.495 e. The van der Waals surface area contributed by atoms with E-state index in [1.54, 1.807) is 0 Å². The Labute approximate surface area is 90.4 Å². The molecule has 1 aliphatic carbocycles. The van der Waals surface area contributed by atoms with Gasteiger partial charge in [0.25, 0.3) is 0 Å². The van der Waals surface area contributed by atoms with Gasteiger partial charge in [-0.05, 0) is 18.9 Å². The molecule has 0 radical (unpaired) electrons. The van der Waals surface area contributed by atoms with Gasteiger partial charge in [-0.3, -0.25) is 0 Å². The smallest absolute Gasteiger partial charge is 0.168 e. The van der Waals surface area contributed by atoms with Crippen LogP contribution in [0, 0.1) is 11.6 Å². The van der Waals surface area contributed by atoms with E-state index in [1.807, 2.05) is 0 Å². The van der Waals surface area contributed by atoms with E-state index >= 15 is 0 Å². The van der Waals surface area contributed by atoms with Crippen LogP contribution in [0.3, 0.4) is 0 Å². The van der Waals surface area contributed by atoms with Crippen LogP contribution in [0.25, 0.3) is 0 Å². The van der Waals surface area contributed by atoms with Crippen molar-refractivity contribution in [3.63, 3.8) is 0 Å². The molecule has 15 heavy (non-hydrogen) atoms. The summed E-state index contributed by atoms with van der Waals surface area (Å²) in [6.07, 6.45) is 0.778. The summed E-state index contributed by atoms with van der Waals surface area (Å²) in [5.74, 6) is -2.15. The average Bonchev–Trinajstić information content (AvgIpc) is 2.90. The molecule has 0 amide bonds. The molecule has 0 aromatic heterocycles. The van der Waals surface area contributed by atoms with Crippen LogP contribution in [-0.2, 0) is 5.60 Å². The van der Waals surface area contributed by atoms with Gasteiger partial charge in [0.2, 0.25) is 0 Å². The molecule has 0 spiro atoms. The van der Waals surface area contributed by atoms with Gasteiger partial charge in [0.15, 0.2) is 11.6 Å². The monoisotopic (exact) mass is 234 g/mol.